The summed E-state index contributed by atoms with van der Waals surface area (Å²) in [5.41, 5.74) is 1.13. The fourth-order valence-corrected chi connectivity index (χ4v) is 2.77. The molecule has 0 fully saturated rings. The Kier molecular flexibility index (Phi) is 5.45. The van der Waals surface area contributed by atoms with Crippen molar-refractivity contribution in [2.45, 2.75) is 45.4 Å². The van der Waals surface area contributed by atoms with E-state index in [9.17, 15) is 9.59 Å². The van der Waals surface area contributed by atoms with Crippen molar-refractivity contribution in [1.29, 1.82) is 0 Å². The van der Waals surface area contributed by atoms with E-state index in [-0.39, 0.29) is 6.54 Å². The summed E-state index contributed by atoms with van der Waals surface area (Å²) in [7, 11) is 4.41. The lowest BCUT2D eigenvalue weighted by molar-refractivity contribution is -0.147. The molecule has 2 rings (SSSR count). The summed E-state index contributed by atoms with van der Waals surface area (Å²) in [5.74, 6) is 0.670. The maximum atomic E-state index is 12.6. The van der Waals surface area contributed by atoms with E-state index in [4.69, 9.17) is 18.9 Å². The third kappa shape index (κ3) is 4.15. The van der Waals surface area contributed by atoms with Gasteiger partial charge in [-0.3, -0.25) is 4.90 Å². The van der Waals surface area contributed by atoms with Gasteiger partial charge in [-0.25, -0.2) is 9.59 Å². The summed E-state index contributed by atoms with van der Waals surface area (Å²) in [5, 5.41) is 0. The molecule has 1 atom stereocenters. The molecule has 0 aromatic heterocycles. The van der Waals surface area contributed by atoms with Gasteiger partial charge >= 0.3 is 12.1 Å². The second-order valence-electron chi connectivity index (χ2n) is 6.83. The van der Waals surface area contributed by atoms with Gasteiger partial charge in [-0.15, -0.1) is 0 Å². The fourth-order valence-electron chi connectivity index (χ4n) is 2.77. The zero-order valence-corrected chi connectivity index (χ0v) is 15.5. The van der Waals surface area contributed by atoms with Gasteiger partial charge in [0.25, 0.3) is 0 Å². The van der Waals surface area contributed by atoms with E-state index in [2.05, 4.69) is 0 Å². The summed E-state index contributed by atoms with van der Waals surface area (Å²) in [4.78, 5) is 26.2. The average molecular weight is 351 g/mol. The highest BCUT2D eigenvalue weighted by Gasteiger charge is 2.38. The van der Waals surface area contributed by atoms with Crippen molar-refractivity contribution < 1.29 is 28.5 Å². The standard InChI is InChI=1S/C18H25NO6/c1-18(2,3)25-17(21)19-10-12-9-15(23-5)14(22-4)8-11(12)7-13(19)16(20)24-6/h8-9,13H,7,10H2,1-6H3/t13-/m0/s1. The Morgan fingerprint density at radius 3 is 2.08 bits per heavy atom. The Labute approximate surface area is 147 Å². The molecule has 1 aromatic rings. The molecule has 1 aliphatic rings. The molecular formula is C18H25NO6. The van der Waals surface area contributed by atoms with Crippen LogP contribution in [0, 0.1) is 0 Å². The number of ether oxygens (including phenoxy) is 4. The van der Waals surface area contributed by atoms with Crippen LogP contribution in [-0.2, 0) is 27.2 Å². The minimum atomic E-state index is -0.745. The first-order chi connectivity index (χ1) is 11.7. The SMILES string of the molecule is COC(=O)[C@@H]1Cc2cc(OC)c(OC)cc2CN1C(=O)OC(C)(C)C. The predicted molar refractivity (Wildman–Crippen MR) is 90.8 cm³/mol. The molecule has 0 bridgehead atoms. The van der Waals surface area contributed by atoms with Crippen LogP contribution in [0.3, 0.4) is 0 Å². The summed E-state index contributed by atoms with van der Waals surface area (Å²) in [6.07, 6.45) is -0.231. The smallest absolute Gasteiger partial charge is 0.411 e. The van der Waals surface area contributed by atoms with E-state index in [1.165, 1.54) is 12.0 Å². The predicted octanol–water partition coefficient (Wildman–Crippen LogP) is 2.54. The van der Waals surface area contributed by atoms with Crippen LogP contribution >= 0.6 is 0 Å². The van der Waals surface area contributed by atoms with Crippen LogP contribution in [0.4, 0.5) is 4.79 Å². The fraction of sp³-hybridized carbons (Fsp3) is 0.556. The number of benzene rings is 1. The highest BCUT2D eigenvalue weighted by molar-refractivity contribution is 5.82. The minimum Gasteiger partial charge on any atom is -0.493 e. The molecule has 7 heteroatoms. The van der Waals surface area contributed by atoms with Gasteiger partial charge in [-0.05, 0) is 44.0 Å². The monoisotopic (exact) mass is 351 g/mol. The molecule has 0 N–H and O–H groups in total. The second kappa shape index (κ2) is 7.21. The molecule has 1 heterocycles. The van der Waals surface area contributed by atoms with E-state index in [0.717, 1.165) is 11.1 Å². The molecule has 7 nitrogen and oxygen atoms in total. The van der Waals surface area contributed by atoms with Gasteiger partial charge in [-0.2, -0.15) is 0 Å². The molecule has 0 radical (unpaired) electrons. The maximum absolute atomic E-state index is 12.6. The maximum Gasteiger partial charge on any atom is 0.411 e. The third-order valence-corrected chi connectivity index (χ3v) is 3.94. The van der Waals surface area contributed by atoms with Crippen LogP contribution in [0.15, 0.2) is 12.1 Å². The molecular weight excluding hydrogens is 326 g/mol. The Morgan fingerprint density at radius 2 is 1.60 bits per heavy atom. The van der Waals surface area contributed by atoms with Crippen molar-refractivity contribution in [3.63, 3.8) is 0 Å². The summed E-state index contributed by atoms with van der Waals surface area (Å²) >= 11 is 0. The highest BCUT2D eigenvalue weighted by Crippen LogP contribution is 2.35. The number of esters is 1. The van der Waals surface area contributed by atoms with Gasteiger partial charge in [0.2, 0.25) is 0 Å². The summed E-state index contributed by atoms with van der Waals surface area (Å²) in [6.45, 7) is 5.57. The molecule has 25 heavy (non-hydrogen) atoms. The normalized spacial score (nSPS) is 16.7. The number of carbonyl (C=O) groups is 2. The Morgan fingerprint density at radius 1 is 1.04 bits per heavy atom. The quantitative estimate of drug-likeness (QED) is 0.779. The third-order valence-electron chi connectivity index (χ3n) is 3.94. The lowest BCUT2D eigenvalue weighted by Crippen LogP contribution is -2.50. The number of hydrogen-bond acceptors (Lipinski definition) is 6. The number of nitrogens with zero attached hydrogens (tertiary/aromatic N) is 1. The number of hydrogen-bond donors (Lipinski definition) is 0. The Balaban J connectivity index is 2.40. The van der Waals surface area contributed by atoms with E-state index >= 15 is 0 Å². The first kappa shape index (κ1) is 18.9. The van der Waals surface area contributed by atoms with Crippen molar-refractivity contribution in [1.82, 2.24) is 4.90 Å². The second-order valence-corrected chi connectivity index (χ2v) is 6.83. The largest absolute Gasteiger partial charge is 0.493 e. The van der Waals surface area contributed by atoms with Crippen molar-refractivity contribution in [3.8, 4) is 11.5 Å². The molecule has 0 spiro atoms. The van der Waals surface area contributed by atoms with E-state index in [1.807, 2.05) is 12.1 Å². The van der Waals surface area contributed by atoms with Gasteiger partial charge in [0.1, 0.15) is 11.6 Å². The van der Waals surface area contributed by atoms with Gasteiger partial charge in [-0.1, -0.05) is 0 Å². The molecule has 1 aliphatic heterocycles. The first-order valence-electron chi connectivity index (χ1n) is 8.01. The zero-order chi connectivity index (χ0) is 18.8. The van der Waals surface area contributed by atoms with Gasteiger partial charge in [0, 0.05) is 6.42 Å². The molecule has 138 valence electrons. The number of amides is 1. The van der Waals surface area contributed by atoms with Gasteiger partial charge < -0.3 is 18.9 Å². The Hall–Kier alpha value is -2.44. The van der Waals surface area contributed by atoms with E-state index < -0.39 is 23.7 Å². The summed E-state index contributed by atoms with van der Waals surface area (Å²) in [6, 6.07) is 2.90. The number of carbonyl (C=O) groups excluding carboxylic acids is 2. The van der Waals surface area contributed by atoms with Gasteiger partial charge in [0.05, 0.1) is 27.9 Å². The minimum absolute atomic E-state index is 0.227. The van der Waals surface area contributed by atoms with Crippen LogP contribution in [0.2, 0.25) is 0 Å². The zero-order valence-electron chi connectivity index (χ0n) is 15.5. The molecule has 1 aromatic carbocycles. The van der Waals surface area contributed by atoms with Crippen LogP contribution in [0.1, 0.15) is 31.9 Å². The van der Waals surface area contributed by atoms with Crippen LogP contribution in [0.25, 0.3) is 0 Å². The number of rotatable bonds is 3. The summed E-state index contributed by atoms with van der Waals surface area (Å²) < 4.78 is 21.0. The molecule has 0 saturated carbocycles. The molecule has 0 unspecified atom stereocenters. The Bertz CT molecular complexity index is 664. The van der Waals surface area contributed by atoms with E-state index in [1.54, 1.807) is 35.0 Å². The molecule has 0 aliphatic carbocycles. The van der Waals surface area contributed by atoms with Crippen molar-refractivity contribution in [2.75, 3.05) is 21.3 Å². The topological polar surface area (TPSA) is 74.3 Å². The van der Waals surface area contributed by atoms with Crippen LogP contribution < -0.4 is 9.47 Å². The number of fused-ring (bicyclic) bond motifs is 1. The first-order valence-corrected chi connectivity index (χ1v) is 8.01. The van der Waals surface area contributed by atoms with Crippen molar-refractivity contribution in [2.24, 2.45) is 0 Å². The number of methoxy groups -OCH3 is 3. The highest BCUT2D eigenvalue weighted by atomic mass is 16.6. The van der Waals surface area contributed by atoms with Crippen LogP contribution in [-0.4, -0.2) is 49.9 Å². The van der Waals surface area contributed by atoms with Gasteiger partial charge in [0.15, 0.2) is 11.5 Å². The van der Waals surface area contributed by atoms with Crippen molar-refractivity contribution in [3.05, 3.63) is 23.3 Å². The lowest BCUT2D eigenvalue weighted by atomic mass is 9.93. The van der Waals surface area contributed by atoms with Crippen LogP contribution in [0.5, 0.6) is 11.5 Å². The molecule has 0 saturated heterocycles. The van der Waals surface area contributed by atoms with Crippen molar-refractivity contribution >= 4 is 12.1 Å². The average Bonchev–Trinajstić information content (AvgIpc) is 2.56. The lowest BCUT2D eigenvalue weighted by Gasteiger charge is -2.36. The van der Waals surface area contributed by atoms with E-state index in [0.29, 0.717) is 17.9 Å². The molecule has 1 amide bonds.